The lowest BCUT2D eigenvalue weighted by atomic mass is 10.0. The molecule has 2 N–H and O–H groups in total. The summed E-state index contributed by atoms with van der Waals surface area (Å²) in [6.07, 6.45) is 1.52. The highest BCUT2D eigenvalue weighted by molar-refractivity contribution is 8.14. The Balaban J connectivity index is 1.52. The molecule has 0 radical (unpaired) electrons. The molecule has 4 rings (SSSR count). The van der Waals surface area contributed by atoms with Gasteiger partial charge in [0.05, 0.1) is 19.0 Å². The summed E-state index contributed by atoms with van der Waals surface area (Å²) in [5.41, 5.74) is 8.99. The van der Waals surface area contributed by atoms with Crippen LogP contribution in [0.3, 0.4) is 0 Å². The minimum absolute atomic E-state index is 0.000657. The Morgan fingerprint density at radius 3 is 2.53 bits per heavy atom. The number of anilines is 1. The molecular formula is C25H21ClN4O3S. The Kier molecular flexibility index (Phi) is 7.30. The van der Waals surface area contributed by atoms with Crippen LogP contribution in [0.4, 0.5) is 5.69 Å². The molecule has 1 aliphatic heterocycles. The van der Waals surface area contributed by atoms with Gasteiger partial charge < -0.3 is 10.5 Å². The highest BCUT2D eigenvalue weighted by Gasteiger charge is 2.41. The molecule has 0 aromatic heterocycles. The first kappa shape index (κ1) is 23.5. The number of nitrogens with zero attached hydrogens (tertiary/aromatic N) is 3. The molecule has 3 aromatic carbocycles. The Labute approximate surface area is 206 Å². The third-order valence-electron chi connectivity index (χ3n) is 5.13. The molecule has 0 aliphatic carbocycles. The van der Waals surface area contributed by atoms with E-state index < -0.39 is 5.25 Å². The number of ether oxygens (including phenoxy) is 1. The van der Waals surface area contributed by atoms with Crippen molar-refractivity contribution < 1.29 is 14.3 Å². The topological polar surface area (TPSA) is 97.3 Å². The van der Waals surface area contributed by atoms with Gasteiger partial charge in [0.15, 0.2) is 5.17 Å². The van der Waals surface area contributed by atoms with Crippen molar-refractivity contribution in [3.63, 3.8) is 0 Å². The highest BCUT2D eigenvalue weighted by atomic mass is 35.5. The van der Waals surface area contributed by atoms with E-state index in [9.17, 15) is 9.59 Å². The number of amides is 2. The van der Waals surface area contributed by atoms with Crippen molar-refractivity contribution in [1.82, 2.24) is 0 Å². The Morgan fingerprint density at radius 2 is 1.82 bits per heavy atom. The Hall–Kier alpha value is -3.62. The smallest absolute Gasteiger partial charge is 0.248 e. The summed E-state index contributed by atoms with van der Waals surface area (Å²) in [6, 6.07) is 22.2. The van der Waals surface area contributed by atoms with Gasteiger partial charge >= 0.3 is 0 Å². The lowest BCUT2D eigenvalue weighted by Gasteiger charge is -2.19. The van der Waals surface area contributed by atoms with Crippen LogP contribution in [0.15, 0.2) is 83.0 Å². The molecule has 172 valence electrons. The fourth-order valence-electron chi connectivity index (χ4n) is 3.49. The van der Waals surface area contributed by atoms with Crippen molar-refractivity contribution in [2.75, 3.05) is 12.0 Å². The number of carbonyl (C=O) groups excluding carboxylic acids is 2. The van der Waals surface area contributed by atoms with Crippen LogP contribution in [-0.4, -0.2) is 35.6 Å². The Bertz CT molecular complexity index is 1260. The van der Waals surface area contributed by atoms with Gasteiger partial charge in [0.1, 0.15) is 11.0 Å². The zero-order chi connectivity index (χ0) is 24.1. The van der Waals surface area contributed by atoms with Crippen LogP contribution < -0.4 is 15.4 Å². The number of halogens is 1. The summed E-state index contributed by atoms with van der Waals surface area (Å²) in [7, 11) is 1.50. The van der Waals surface area contributed by atoms with Crippen LogP contribution >= 0.6 is 23.4 Å². The second-order valence-electron chi connectivity index (χ2n) is 7.37. The van der Waals surface area contributed by atoms with E-state index in [-0.39, 0.29) is 23.4 Å². The molecule has 1 saturated heterocycles. The van der Waals surface area contributed by atoms with Crippen LogP contribution in [0.1, 0.15) is 12.0 Å². The largest absolute Gasteiger partial charge is 0.495 e. The van der Waals surface area contributed by atoms with E-state index in [1.165, 1.54) is 13.3 Å². The number of imide groups is 1. The van der Waals surface area contributed by atoms with E-state index in [0.29, 0.717) is 16.5 Å². The monoisotopic (exact) mass is 492 g/mol. The zero-order valence-corrected chi connectivity index (χ0v) is 19.8. The summed E-state index contributed by atoms with van der Waals surface area (Å²) >= 11 is 6.87. The van der Waals surface area contributed by atoms with E-state index in [2.05, 4.69) is 10.2 Å². The Morgan fingerprint density at radius 1 is 1.09 bits per heavy atom. The second kappa shape index (κ2) is 10.5. The number of carbonyl (C=O) groups is 2. The van der Waals surface area contributed by atoms with Crippen molar-refractivity contribution in [2.24, 2.45) is 15.9 Å². The van der Waals surface area contributed by atoms with Gasteiger partial charge in [0.25, 0.3) is 0 Å². The maximum absolute atomic E-state index is 13.2. The molecule has 1 heterocycles. The van der Waals surface area contributed by atoms with E-state index in [1.54, 1.807) is 36.4 Å². The maximum Gasteiger partial charge on any atom is 0.248 e. The number of benzene rings is 3. The fraction of sp³-hybridized carbons (Fsp3) is 0.120. The molecule has 1 aliphatic rings. The standard InChI is InChI=1S/C25H21ClN4O3S/c1-33-21-12-9-18(17-5-3-2-4-6-17)13-20(21)30-23(31)14-22(24(30)32)34-25(27)29-28-15-16-7-10-19(26)11-8-16/h2-13,15,22H,14H2,1H3,(H2,27,29)/t22-/m0/s1. The van der Waals surface area contributed by atoms with Crippen LogP contribution in [0, 0.1) is 0 Å². The van der Waals surface area contributed by atoms with Crippen molar-refractivity contribution in [2.45, 2.75) is 11.7 Å². The first-order chi connectivity index (χ1) is 16.5. The fourth-order valence-corrected chi connectivity index (χ4v) is 4.44. The third-order valence-corrected chi connectivity index (χ3v) is 6.36. The molecular weight excluding hydrogens is 472 g/mol. The quantitative estimate of drug-likeness (QED) is 0.232. The van der Waals surface area contributed by atoms with Gasteiger partial charge in [0.2, 0.25) is 11.8 Å². The summed E-state index contributed by atoms with van der Waals surface area (Å²) in [4.78, 5) is 27.2. The van der Waals surface area contributed by atoms with Gasteiger partial charge in [-0.15, -0.1) is 5.10 Å². The second-order valence-corrected chi connectivity index (χ2v) is 9.02. The van der Waals surface area contributed by atoms with Crippen LogP contribution in [0.5, 0.6) is 5.75 Å². The van der Waals surface area contributed by atoms with Crippen LogP contribution in [-0.2, 0) is 9.59 Å². The van der Waals surface area contributed by atoms with Crippen molar-refractivity contribution in [3.8, 4) is 16.9 Å². The molecule has 1 fully saturated rings. The minimum atomic E-state index is -0.702. The molecule has 0 spiro atoms. The number of nitrogens with two attached hydrogens (primary N) is 1. The molecule has 9 heteroatoms. The molecule has 7 nitrogen and oxygen atoms in total. The van der Waals surface area contributed by atoms with Gasteiger partial charge in [-0.25, -0.2) is 4.90 Å². The highest BCUT2D eigenvalue weighted by Crippen LogP contribution is 2.38. The van der Waals surface area contributed by atoms with Gasteiger partial charge in [-0.3, -0.25) is 9.59 Å². The number of rotatable bonds is 6. The van der Waals surface area contributed by atoms with Crippen LogP contribution in [0.25, 0.3) is 11.1 Å². The maximum atomic E-state index is 13.2. The van der Waals surface area contributed by atoms with E-state index >= 15 is 0 Å². The minimum Gasteiger partial charge on any atom is -0.495 e. The van der Waals surface area contributed by atoms with Crippen LogP contribution in [0.2, 0.25) is 5.02 Å². The molecule has 0 bridgehead atoms. The number of thioether (sulfide) groups is 1. The van der Waals surface area contributed by atoms with Gasteiger partial charge in [-0.1, -0.05) is 71.9 Å². The first-order valence-corrected chi connectivity index (χ1v) is 11.6. The molecule has 0 saturated carbocycles. The summed E-state index contributed by atoms with van der Waals surface area (Å²) in [5, 5.41) is 7.89. The molecule has 2 amide bonds. The number of hydrogen-bond acceptors (Lipinski definition) is 6. The summed E-state index contributed by atoms with van der Waals surface area (Å²) in [6.45, 7) is 0. The van der Waals surface area contributed by atoms with Crippen molar-refractivity contribution in [3.05, 3.63) is 83.4 Å². The lowest BCUT2D eigenvalue weighted by Crippen LogP contribution is -2.32. The first-order valence-electron chi connectivity index (χ1n) is 10.3. The molecule has 0 unspecified atom stereocenters. The van der Waals surface area contributed by atoms with Gasteiger partial charge in [-0.2, -0.15) is 5.10 Å². The number of hydrogen-bond donors (Lipinski definition) is 1. The average Bonchev–Trinajstić information content (AvgIpc) is 3.12. The van der Waals surface area contributed by atoms with Gasteiger partial charge in [0, 0.05) is 11.4 Å². The molecule has 3 aromatic rings. The van der Waals surface area contributed by atoms with Crippen molar-refractivity contribution >= 4 is 52.2 Å². The third kappa shape index (κ3) is 5.30. The molecule has 1 atom stereocenters. The number of amidine groups is 1. The zero-order valence-electron chi connectivity index (χ0n) is 18.2. The number of methoxy groups -OCH3 is 1. The van der Waals surface area contributed by atoms with E-state index in [0.717, 1.165) is 33.4 Å². The summed E-state index contributed by atoms with van der Waals surface area (Å²) < 4.78 is 5.44. The normalized spacial score (nSPS) is 16.5. The van der Waals surface area contributed by atoms with E-state index in [4.69, 9.17) is 22.1 Å². The SMILES string of the molecule is COc1ccc(-c2ccccc2)cc1N1C(=O)C[C@H](SC(N)=NN=Cc2ccc(Cl)cc2)C1=O. The van der Waals surface area contributed by atoms with Gasteiger partial charge in [-0.05, 0) is 41.0 Å². The predicted molar refractivity (Wildman–Crippen MR) is 138 cm³/mol. The lowest BCUT2D eigenvalue weighted by molar-refractivity contribution is -0.121. The molecule has 34 heavy (non-hydrogen) atoms. The summed E-state index contributed by atoms with van der Waals surface area (Å²) in [5.74, 6) is -0.275. The van der Waals surface area contributed by atoms with E-state index in [1.807, 2.05) is 36.4 Å². The average molecular weight is 493 g/mol. The predicted octanol–water partition coefficient (Wildman–Crippen LogP) is 4.73. The van der Waals surface area contributed by atoms with Crippen molar-refractivity contribution in [1.29, 1.82) is 0 Å².